The summed E-state index contributed by atoms with van der Waals surface area (Å²) in [5.41, 5.74) is 0.866. The Balaban J connectivity index is 2.06. The summed E-state index contributed by atoms with van der Waals surface area (Å²) in [6.07, 6.45) is 6.48. The molecule has 19 heavy (non-hydrogen) atoms. The molecule has 0 amide bonds. The van der Waals surface area contributed by atoms with Crippen LogP contribution in [-0.4, -0.2) is 32.3 Å². The third-order valence-corrected chi connectivity index (χ3v) is 3.06. The fourth-order valence-electron chi connectivity index (χ4n) is 2.14. The SMILES string of the molecule is CCCC(Cc1nc(-c2cncn2C)no1)NCC. The Hall–Kier alpha value is -1.69. The number of nitrogens with one attached hydrogen (secondary N) is 1. The van der Waals surface area contributed by atoms with Gasteiger partial charge in [-0.1, -0.05) is 25.4 Å². The van der Waals surface area contributed by atoms with E-state index in [-0.39, 0.29) is 0 Å². The standard InChI is InChI=1S/C13H21N5O/c1-4-6-10(15-5-2)7-12-16-13(17-19-12)11-8-14-9-18(11)3/h8-10,15H,4-7H2,1-3H3. The Morgan fingerprint density at radius 3 is 2.89 bits per heavy atom. The largest absolute Gasteiger partial charge is 0.339 e. The molecule has 0 fully saturated rings. The number of nitrogens with zero attached hydrogens (tertiary/aromatic N) is 4. The maximum absolute atomic E-state index is 5.32. The van der Waals surface area contributed by atoms with Crippen LogP contribution in [0, 0.1) is 0 Å². The molecule has 0 spiro atoms. The Morgan fingerprint density at radius 1 is 1.42 bits per heavy atom. The zero-order chi connectivity index (χ0) is 13.7. The number of hydrogen-bond donors (Lipinski definition) is 1. The van der Waals surface area contributed by atoms with Crippen molar-refractivity contribution in [3.63, 3.8) is 0 Å². The van der Waals surface area contributed by atoms with Gasteiger partial charge in [-0.05, 0) is 13.0 Å². The summed E-state index contributed by atoms with van der Waals surface area (Å²) >= 11 is 0. The highest BCUT2D eigenvalue weighted by Gasteiger charge is 2.15. The molecule has 0 saturated heterocycles. The summed E-state index contributed by atoms with van der Waals surface area (Å²) in [6.45, 7) is 5.24. The molecular weight excluding hydrogens is 242 g/mol. The minimum absolute atomic E-state index is 0.398. The van der Waals surface area contributed by atoms with Crippen molar-refractivity contribution < 1.29 is 4.52 Å². The zero-order valence-corrected chi connectivity index (χ0v) is 11.8. The molecule has 2 heterocycles. The lowest BCUT2D eigenvalue weighted by Crippen LogP contribution is -2.30. The topological polar surface area (TPSA) is 68.8 Å². The van der Waals surface area contributed by atoms with Gasteiger partial charge < -0.3 is 14.4 Å². The predicted molar refractivity (Wildman–Crippen MR) is 72.6 cm³/mol. The molecule has 6 heteroatoms. The molecule has 2 aromatic heterocycles. The van der Waals surface area contributed by atoms with Crippen molar-refractivity contribution in [3.8, 4) is 11.5 Å². The fourth-order valence-corrected chi connectivity index (χ4v) is 2.14. The average Bonchev–Trinajstić information content (AvgIpc) is 2.98. The maximum Gasteiger partial charge on any atom is 0.228 e. The van der Waals surface area contributed by atoms with E-state index in [9.17, 15) is 0 Å². The number of rotatable bonds is 7. The number of aromatic nitrogens is 4. The second-order valence-corrected chi connectivity index (χ2v) is 4.65. The van der Waals surface area contributed by atoms with Gasteiger partial charge in [0.2, 0.25) is 11.7 Å². The van der Waals surface area contributed by atoms with Crippen molar-refractivity contribution in [2.24, 2.45) is 7.05 Å². The van der Waals surface area contributed by atoms with Crippen LogP contribution in [0.5, 0.6) is 0 Å². The van der Waals surface area contributed by atoms with Gasteiger partial charge in [-0.25, -0.2) is 4.98 Å². The van der Waals surface area contributed by atoms with Crippen molar-refractivity contribution in [1.82, 2.24) is 25.0 Å². The smallest absolute Gasteiger partial charge is 0.228 e. The van der Waals surface area contributed by atoms with Crippen LogP contribution in [0.25, 0.3) is 11.5 Å². The third kappa shape index (κ3) is 3.41. The zero-order valence-electron chi connectivity index (χ0n) is 11.8. The molecule has 2 rings (SSSR count). The summed E-state index contributed by atoms with van der Waals surface area (Å²) in [4.78, 5) is 8.50. The summed E-state index contributed by atoms with van der Waals surface area (Å²) in [5.74, 6) is 1.28. The number of imidazole rings is 1. The molecule has 2 aromatic rings. The van der Waals surface area contributed by atoms with Gasteiger partial charge >= 0.3 is 0 Å². The van der Waals surface area contributed by atoms with Gasteiger partial charge in [0.25, 0.3) is 0 Å². The molecule has 1 unspecified atom stereocenters. The predicted octanol–water partition coefficient (Wildman–Crippen LogP) is 1.79. The van der Waals surface area contributed by atoms with Gasteiger partial charge in [0.15, 0.2) is 0 Å². The van der Waals surface area contributed by atoms with Crippen molar-refractivity contribution in [2.75, 3.05) is 6.54 Å². The van der Waals surface area contributed by atoms with E-state index in [0.29, 0.717) is 17.8 Å². The Labute approximate surface area is 113 Å². The third-order valence-electron chi connectivity index (χ3n) is 3.06. The molecule has 0 aliphatic carbocycles. The van der Waals surface area contributed by atoms with E-state index in [1.165, 1.54) is 0 Å². The molecule has 0 aliphatic rings. The van der Waals surface area contributed by atoms with Gasteiger partial charge in [-0.2, -0.15) is 4.98 Å². The monoisotopic (exact) mass is 263 g/mol. The van der Waals surface area contributed by atoms with Gasteiger partial charge in [0.1, 0.15) is 5.69 Å². The Bertz CT molecular complexity index is 499. The van der Waals surface area contributed by atoms with E-state index in [2.05, 4.69) is 34.3 Å². The van der Waals surface area contributed by atoms with Crippen molar-refractivity contribution in [2.45, 2.75) is 39.2 Å². The van der Waals surface area contributed by atoms with E-state index in [1.807, 2.05) is 11.6 Å². The first-order valence-corrected chi connectivity index (χ1v) is 6.77. The number of hydrogen-bond acceptors (Lipinski definition) is 5. The van der Waals surface area contributed by atoms with Gasteiger partial charge in [-0.15, -0.1) is 0 Å². The number of likely N-dealkylation sites (N-methyl/N-ethyl adjacent to an activating group) is 1. The van der Waals surface area contributed by atoms with Gasteiger partial charge in [-0.3, -0.25) is 0 Å². The highest BCUT2D eigenvalue weighted by atomic mass is 16.5. The van der Waals surface area contributed by atoms with E-state index >= 15 is 0 Å². The molecule has 0 bridgehead atoms. The van der Waals surface area contributed by atoms with Crippen LogP contribution in [0.15, 0.2) is 17.0 Å². The summed E-state index contributed by atoms with van der Waals surface area (Å²) < 4.78 is 7.20. The Kier molecular flexibility index (Phi) is 4.68. The molecular formula is C13H21N5O. The first-order chi connectivity index (χ1) is 9.24. The molecule has 0 saturated carbocycles. The lowest BCUT2D eigenvalue weighted by Gasteiger charge is -2.14. The first-order valence-electron chi connectivity index (χ1n) is 6.77. The quantitative estimate of drug-likeness (QED) is 0.824. The van der Waals surface area contributed by atoms with Gasteiger partial charge in [0.05, 0.1) is 12.5 Å². The molecule has 0 radical (unpaired) electrons. The van der Waals surface area contributed by atoms with E-state index < -0.39 is 0 Å². The summed E-state index contributed by atoms with van der Waals surface area (Å²) in [5, 5.41) is 7.46. The molecule has 104 valence electrons. The minimum atomic E-state index is 0.398. The van der Waals surface area contributed by atoms with Crippen LogP contribution in [0.3, 0.4) is 0 Å². The minimum Gasteiger partial charge on any atom is -0.339 e. The maximum atomic E-state index is 5.32. The van der Waals surface area contributed by atoms with Crippen molar-refractivity contribution in [3.05, 3.63) is 18.4 Å². The average molecular weight is 263 g/mol. The van der Waals surface area contributed by atoms with Crippen LogP contribution < -0.4 is 5.32 Å². The lowest BCUT2D eigenvalue weighted by atomic mass is 10.1. The lowest BCUT2D eigenvalue weighted by molar-refractivity contribution is 0.352. The van der Waals surface area contributed by atoms with Crippen molar-refractivity contribution in [1.29, 1.82) is 0 Å². The van der Waals surface area contributed by atoms with Crippen LogP contribution in [0.1, 0.15) is 32.6 Å². The molecule has 0 aliphatic heterocycles. The second-order valence-electron chi connectivity index (χ2n) is 4.65. The second kappa shape index (κ2) is 6.47. The van der Waals surface area contributed by atoms with Crippen LogP contribution in [-0.2, 0) is 13.5 Å². The summed E-state index contributed by atoms with van der Waals surface area (Å²) in [7, 11) is 1.91. The van der Waals surface area contributed by atoms with Crippen LogP contribution >= 0.6 is 0 Å². The summed E-state index contributed by atoms with van der Waals surface area (Å²) in [6, 6.07) is 0.398. The molecule has 1 atom stereocenters. The fraction of sp³-hybridized carbons (Fsp3) is 0.615. The highest BCUT2D eigenvalue weighted by molar-refractivity contribution is 5.46. The molecule has 1 N–H and O–H groups in total. The van der Waals surface area contributed by atoms with E-state index in [1.54, 1.807) is 12.5 Å². The van der Waals surface area contributed by atoms with E-state index in [0.717, 1.165) is 31.5 Å². The number of aryl methyl sites for hydroxylation is 1. The highest BCUT2D eigenvalue weighted by Crippen LogP contribution is 2.15. The van der Waals surface area contributed by atoms with E-state index in [4.69, 9.17) is 4.52 Å². The normalized spacial score (nSPS) is 12.8. The first kappa shape index (κ1) is 13.7. The van der Waals surface area contributed by atoms with Crippen molar-refractivity contribution >= 4 is 0 Å². The molecule has 6 nitrogen and oxygen atoms in total. The Morgan fingerprint density at radius 2 is 2.26 bits per heavy atom. The molecule has 0 aromatic carbocycles. The van der Waals surface area contributed by atoms with Gasteiger partial charge in [0, 0.05) is 19.5 Å². The van der Waals surface area contributed by atoms with Crippen LogP contribution in [0.4, 0.5) is 0 Å². The van der Waals surface area contributed by atoms with Crippen LogP contribution in [0.2, 0.25) is 0 Å².